The summed E-state index contributed by atoms with van der Waals surface area (Å²) in [7, 11) is 4.08. The van der Waals surface area contributed by atoms with Gasteiger partial charge in [-0.25, -0.2) is 4.79 Å². The molecular weight excluding hydrogens is 204 g/mol. The number of carbonyl (C=O) groups excluding carboxylic acids is 1. The molecule has 2 fully saturated rings. The number of carbonyl (C=O) groups is 1. The Balaban J connectivity index is 1.83. The first kappa shape index (κ1) is 11.7. The van der Waals surface area contributed by atoms with E-state index < -0.39 is 0 Å². The van der Waals surface area contributed by atoms with Gasteiger partial charge in [0.05, 0.1) is 0 Å². The fourth-order valence-electron chi connectivity index (χ4n) is 2.08. The smallest absolute Gasteiger partial charge is 0.317 e. The van der Waals surface area contributed by atoms with Crippen LogP contribution in [0.15, 0.2) is 0 Å². The Labute approximate surface area is 97.2 Å². The lowest BCUT2D eigenvalue weighted by Crippen LogP contribution is -2.58. The van der Waals surface area contributed by atoms with Crippen molar-refractivity contribution in [3.63, 3.8) is 0 Å². The van der Waals surface area contributed by atoms with E-state index in [4.69, 9.17) is 0 Å². The molecule has 92 valence electrons. The molecule has 1 unspecified atom stereocenters. The highest BCUT2D eigenvalue weighted by Crippen LogP contribution is 2.19. The number of rotatable bonds is 3. The molecule has 0 spiro atoms. The van der Waals surface area contributed by atoms with Crippen LogP contribution in [0.3, 0.4) is 0 Å². The van der Waals surface area contributed by atoms with Gasteiger partial charge in [-0.05, 0) is 26.9 Å². The quantitative estimate of drug-likeness (QED) is 0.694. The van der Waals surface area contributed by atoms with Gasteiger partial charge in [0.25, 0.3) is 0 Å². The number of amides is 2. The maximum absolute atomic E-state index is 11.9. The van der Waals surface area contributed by atoms with E-state index in [-0.39, 0.29) is 6.03 Å². The summed E-state index contributed by atoms with van der Waals surface area (Å²) in [5.41, 5.74) is 0. The van der Waals surface area contributed by atoms with Crippen LogP contribution in [0.2, 0.25) is 0 Å². The van der Waals surface area contributed by atoms with Crippen molar-refractivity contribution >= 4 is 6.03 Å². The molecule has 1 atom stereocenters. The van der Waals surface area contributed by atoms with Crippen LogP contribution >= 0.6 is 0 Å². The molecule has 0 aromatic rings. The Morgan fingerprint density at radius 3 is 2.75 bits per heavy atom. The summed E-state index contributed by atoms with van der Waals surface area (Å²) >= 11 is 0. The lowest BCUT2D eigenvalue weighted by Gasteiger charge is -2.39. The van der Waals surface area contributed by atoms with Gasteiger partial charge >= 0.3 is 6.03 Å². The minimum absolute atomic E-state index is 0.122. The number of urea groups is 1. The van der Waals surface area contributed by atoms with Gasteiger partial charge in [-0.2, -0.15) is 0 Å². The van der Waals surface area contributed by atoms with Crippen LogP contribution in [0.5, 0.6) is 0 Å². The third-order valence-electron chi connectivity index (χ3n) is 3.41. The average molecular weight is 226 g/mol. The first-order chi connectivity index (χ1) is 7.70. The fraction of sp³-hybridized carbons (Fsp3) is 0.909. The zero-order valence-electron chi connectivity index (χ0n) is 10.2. The molecule has 2 aliphatic rings. The topological polar surface area (TPSA) is 47.6 Å². The predicted octanol–water partition coefficient (Wildman–Crippen LogP) is -0.306. The number of piperazine rings is 1. The Morgan fingerprint density at radius 2 is 2.12 bits per heavy atom. The fourth-order valence-corrected chi connectivity index (χ4v) is 2.08. The minimum atomic E-state index is 0.122. The van der Waals surface area contributed by atoms with E-state index in [1.807, 2.05) is 11.9 Å². The third-order valence-corrected chi connectivity index (χ3v) is 3.41. The number of hydrogen-bond donors (Lipinski definition) is 2. The van der Waals surface area contributed by atoms with Crippen LogP contribution in [-0.2, 0) is 0 Å². The van der Waals surface area contributed by atoms with E-state index in [2.05, 4.69) is 22.6 Å². The average Bonchev–Trinajstić information content (AvgIpc) is 3.05. The maximum Gasteiger partial charge on any atom is 0.317 e. The molecule has 2 rings (SSSR count). The molecule has 1 aliphatic heterocycles. The molecule has 2 amide bonds. The molecule has 1 saturated carbocycles. The standard InChI is InChI=1S/C11H22N4O/c1-12-7-10-8-15(6-5-14(10)2)11(16)13-9-3-4-9/h9-10,12H,3-8H2,1-2H3,(H,13,16). The van der Waals surface area contributed by atoms with Crippen molar-refractivity contribution in [2.75, 3.05) is 40.3 Å². The molecule has 2 N–H and O–H groups in total. The molecule has 1 aliphatic carbocycles. The van der Waals surface area contributed by atoms with Gasteiger partial charge in [-0.15, -0.1) is 0 Å². The summed E-state index contributed by atoms with van der Waals surface area (Å²) in [4.78, 5) is 16.1. The van der Waals surface area contributed by atoms with Crippen molar-refractivity contribution in [3.8, 4) is 0 Å². The molecule has 0 radical (unpaired) electrons. The van der Waals surface area contributed by atoms with Gasteiger partial charge in [-0.1, -0.05) is 0 Å². The summed E-state index contributed by atoms with van der Waals surface area (Å²) in [6, 6.07) is 1.01. The highest BCUT2D eigenvalue weighted by molar-refractivity contribution is 5.75. The first-order valence-corrected chi connectivity index (χ1v) is 6.11. The van der Waals surface area contributed by atoms with Crippen LogP contribution in [0, 0.1) is 0 Å². The molecule has 0 aromatic carbocycles. The van der Waals surface area contributed by atoms with E-state index in [1.165, 1.54) is 0 Å². The van der Waals surface area contributed by atoms with Gasteiger partial charge < -0.3 is 15.5 Å². The molecular formula is C11H22N4O. The summed E-state index contributed by atoms with van der Waals surface area (Å²) in [5.74, 6) is 0. The Morgan fingerprint density at radius 1 is 1.38 bits per heavy atom. The SMILES string of the molecule is CNCC1CN(C(=O)NC2CC2)CCN1C. The van der Waals surface area contributed by atoms with Crippen LogP contribution in [0.1, 0.15) is 12.8 Å². The van der Waals surface area contributed by atoms with Crippen LogP contribution in [0.4, 0.5) is 4.79 Å². The van der Waals surface area contributed by atoms with E-state index in [9.17, 15) is 4.79 Å². The largest absolute Gasteiger partial charge is 0.335 e. The van der Waals surface area contributed by atoms with Gasteiger partial charge in [-0.3, -0.25) is 4.90 Å². The normalized spacial score (nSPS) is 26.9. The molecule has 16 heavy (non-hydrogen) atoms. The lowest BCUT2D eigenvalue weighted by molar-refractivity contribution is 0.110. The third kappa shape index (κ3) is 2.86. The summed E-state index contributed by atoms with van der Waals surface area (Å²) in [5, 5.41) is 6.23. The highest BCUT2D eigenvalue weighted by Gasteiger charge is 2.30. The Kier molecular flexibility index (Phi) is 3.66. The van der Waals surface area contributed by atoms with E-state index >= 15 is 0 Å². The van der Waals surface area contributed by atoms with Crippen molar-refractivity contribution in [2.24, 2.45) is 0 Å². The van der Waals surface area contributed by atoms with E-state index in [0.717, 1.165) is 39.0 Å². The molecule has 5 nitrogen and oxygen atoms in total. The van der Waals surface area contributed by atoms with Gasteiger partial charge in [0.1, 0.15) is 0 Å². The van der Waals surface area contributed by atoms with E-state index in [0.29, 0.717) is 12.1 Å². The second-order valence-electron chi connectivity index (χ2n) is 4.86. The number of likely N-dealkylation sites (N-methyl/N-ethyl adjacent to an activating group) is 2. The molecule has 1 heterocycles. The van der Waals surface area contributed by atoms with E-state index in [1.54, 1.807) is 0 Å². The van der Waals surface area contributed by atoms with Crippen molar-refractivity contribution in [3.05, 3.63) is 0 Å². The lowest BCUT2D eigenvalue weighted by atomic mass is 10.2. The van der Waals surface area contributed by atoms with Gasteiger partial charge in [0.2, 0.25) is 0 Å². The Hall–Kier alpha value is -0.810. The molecule has 1 saturated heterocycles. The number of nitrogens with one attached hydrogen (secondary N) is 2. The second kappa shape index (κ2) is 5.01. The van der Waals surface area contributed by atoms with Gasteiger partial charge in [0.15, 0.2) is 0 Å². The summed E-state index contributed by atoms with van der Waals surface area (Å²) in [6.45, 7) is 3.57. The second-order valence-corrected chi connectivity index (χ2v) is 4.86. The Bertz CT molecular complexity index is 254. The van der Waals surface area contributed by atoms with Gasteiger partial charge in [0, 0.05) is 38.3 Å². The van der Waals surface area contributed by atoms with Crippen LogP contribution in [0.25, 0.3) is 0 Å². The zero-order chi connectivity index (χ0) is 11.5. The first-order valence-electron chi connectivity index (χ1n) is 6.11. The zero-order valence-corrected chi connectivity index (χ0v) is 10.2. The summed E-state index contributed by atoms with van der Waals surface area (Å²) in [6.07, 6.45) is 2.30. The molecule has 0 aromatic heterocycles. The van der Waals surface area contributed by atoms with Crippen molar-refractivity contribution in [2.45, 2.75) is 24.9 Å². The minimum Gasteiger partial charge on any atom is -0.335 e. The monoisotopic (exact) mass is 226 g/mol. The summed E-state index contributed by atoms with van der Waals surface area (Å²) < 4.78 is 0. The van der Waals surface area contributed by atoms with Crippen molar-refractivity contribution < 1.29 is 4.79 Å². The van der Waals surface area contributed by atoms with Crippen LogP contribution in [-0.4, -0.2) is 68.2 Å². The number of hydrogen-bond acceptors (Lipinski definition) is 3. The van der Waals surface area contributed by atoms with Crippen molar-refractivity contribution in [1.29, 1.82) is 0 Å². The molecule has 0 bridgehead atoms. The van der Waals surface area contributed by atoms with Crippen molar-refractivity contribution in [1.82, 2.24) is 20.4 Å². The van der Waals surface area contributed by atoms with Crippen LogP contribution < -0.4 is 10.6 Å². The molecule has 5 heteroatoms. The number of nitrogens with zero attached hydrogens (tertiary/aromatic N) is 2. The predicted molar refractivity (Wildman–Crippen MR) is 63.5 cm³/mol. The maximum atomic E-state index is 11.9. The highest BCUT2D eigenvalue weighted by atomic mass is 16.2.